The van der Waals surface area contributed by atoms with E-state index in [0.29, 0.717) is 15.6 Å². The number of esters is 1. The molecule has 0 aliphatic rings. The van der Waals surface area contributed by atoms with Crippen LogP contribution in [0.25, 0.3) is 0 Å². The first-order valence-corrected chi connectivity index (χ1v) is 8.83. The zero-order valence-corrected chi connectivity index (χ0v) is 13.9. The van der Waals surface area contributed by atoms with E-state index >= 15 is 0 Å². The molecule has 4 nitrogen and oxygen atoms in total. The van der Waals surface area contributed by atoms with E-state index in [1.165, 1.54) is 24.3 Å². The highest BCUT2D eigenvalue weighted by Gasteiger charge is 2.11. The molecule has 7 heteroatoms. The van der Waals surface area contributed by atoms with Crippen molar-refractivity contribution in [2.75, 3.05) is 6.26 Å². The molecule has 0 amide bonds. The molecular weight excluding hydrogens is 347 g/mol. The Labute approximate surface area is 138 Å². The van der Waals surface area contributed by atoms with E-state index in [0.717, 1.165) is 6.26 Å². The molecule has 2 aromatic carbocycles. The van der Waals surface area contributed by atoms with Gasteiger partial charge in [-0.05, 0) is 42.0 Å². The first-order chi connectivity index (χ1) is 10.3. The molecule has 0 bridgehead atoms. The second-order valence-electron chi connectivity index (χ2n) is 4.62. The van der Waals surface area contributed by atoms with Gasteiger partial charge in [0.2, 0.25) is 0 Å². The lowest BCUT2D eigenvalue weighted by molar-refractivity contribution is 0.0472. The van der Waals surface area contributed by atoms with Crippen molar-refractivity contribution < 1.29 is 17.9 Å². The molecule has 0 atom stereocenters. The van der Waals surface area contributed by atoms with Crippen LogP contribution in [-0.2, 0) is 21.2 Å². The van der Waals surface area contributed by atoms with Gasteiger partial charge in [0.1, 0.15) is 6.61 Å². The molecule has 2 rings (SSSR count). The van der Waals surface area contributed by atoms with Crippen molar-refractivity contribution in [2.24, 2.45) is 0 Å². The molecule has 2 aromatic rings. The van der Waals surface area contributed by atoms with Crippen molar-refractivity contribution in [3.63, 3.8) is 0 Å². The van der Waals surface area contributed by atoms with Crippen LogP contribution in [0.5, 0.6) is 0 Å². The summed E-state index contributed by atoms with van der Waals surface area (Å²) < 4.78 is 27.8. The van der Waals surface area contributed by atoms with Crippen molar-refractivity contribution in [3.05, 3.63) is 63.6 Å². The largest absolute Gasteiger partial charge is 0.457 e. The van der Waals surface area contributed by atoms with E-state index in [9.17, 15) is 13.2 Å². The lowest BCUT2D eigenvalue weighted by Crippen LogP contribution is -2.06. The van der Waals surface area contributed by atoms with Crippen LogP contribution in [0.15, 0.2) is 47.4 Å². The number of carbonyl (C=O) groups is 1. The Hall–Kier alpha value is -1.56. The lowest BCUT2D eigenvalue weighted by Gasteiger charge is -2.06. The van der Waals surface area contributed by atoms with Gasteiger partial charge in [-0.3, -0.25) is 0 Å². The van der Waals surface area contributed by atoms with E-state index in [1.807, 2.05) is 0 Å². The molecule has 0 aliphatic heterocycles. The van der Waals surface area contributed by atoms with Crippen LogP contribution in [-0.4, -0.2) is 20.6 Å². The van der Waals surface area contributed by atoms with Crippen LogP contribution in [0, 0.1) is 0 Å². The van der Waals surface area contributed by atoms with Gasteiger partial charge in [0, 0.05) is 6.26 Å². The Morgan fingerprint density at radius 3 is 2.23 bits per heavy atom. The summed E-state index contributed by atoms with van der Waals surface area (Å²) in [5.74, 6) is -0.550. The molecule has 0 heterocycles. The summed E-state index contributed by atoms with van der Waals surface area (Å²) in [7, 11) is -3.29. The summed E-state index contributed by atoms with van der Waals surface area (Å²) in [4.78, 5) is 12.0. The minimum Gasteiger partial charge on any atom is -0.457 e. The monoisotopic (exact) mass is 358 g/mol. The highest BCUT2D eigenvalue weighted by Crippen LogP contribution is 2.23. The van der Waals surface area contributed by atoms with Crippen LogP contribution in [0.2, 0.25) is 10.0 Å². The van der Waals surface area contributed by atoms with Gasteiger partial charge in [0.25, 0.3) is 0 Å². The maximum Gasteiger partial charge on any atom is 0.338 e. The standard InChI is InChI=1S/C15H12Cl2O4S/c1-22(19,20)12-5-3-11(4-6-12)15(18)21-9-10-2-7-13(16)14(17)8-10/h2-8H,9H2,1H3. The average molecular weight is 359 g/mol. The van der Waals surface area contributed by atoms with E-state index in [4.69, 9.17) is 27.9 Å². The first-order valence-electron chi connectivity index (χ1n) is 6.18. The summed E-state index contributed by atoms with van der Waals surface area (Å²) in [6.07, 6.45) is 1.10. The zero-order valence-electron chi connectivity index (χ0n) is 11.5. The fourth-order valence-electron chi connectivity index (χ4n) is 1.70. The third-order valence-corrected chi connectivity index (χ3v) is 4.74. The quantitative estimate of drug-likeness (QED) is 0.780. The Balaban J connectivity index is 2.04. The van der Waals surface area contributed by atoms with Crippen molar-refractivity contribution in [1.82, 2.24) is 0 Å². The zero-order chi connectivity index (χ0) is 16.3. The minimum atomic E-state index is -3.29. The first kappa shape index (κ1) is 16.8. The summed E-state index contributed by atoms with van der Waals surface area (Å²) in [5, 5.41) is 0.806. The molecule has 0 spiro atoms. The van der Waals surface area contributed by atoms with Gasteiger partial charge >= 0.3 is 5.97 Å². The van der Waals surface area contributed by atoms with Crippen LogP contribution >= 0.6 is 23.2 Å². The molecular formula is C15H12Cl2O4S. The Morgan fingerprint density at radius 2 is 1.68 bits per heavy atom. The van der Waals surface area contributed by atoms with Gasteiger partial charge in [-0.1, -0.05) is 29.3 Å². The van der Waals surface area contributed by atoms with E-state index in [-0.39, 0.29) is 17.1 Å². The predicted molar refractivity (Wildman–Crippen MR) is 85.1 cm³/mol. The molecule has 22 heavy (non-hydrogen) atoms. The van der Waals surface area contributed by atoms with Crippen LogP contribution < -0.4 is 0 Å². The highest BCUT2D eigenvalue weighted by molar-refractivity contribution is 7.90. The van der Waals surface area contributed by atoms with Crippen LogP contribution in [0.4, 0.5) is 0 Å². The molecule has 0 aliphatic carbocycles. The highest BCUT2D eigenvalue weighted by atomic mass is 35.5. The fourth-order valence-corrected chi connectivity index (χ4v) is 2.65. The number of sulfone groups is 1. The summed E-state index contributed by atoms with van der Waals surface area (Å²) in [6.45, 7) is 0.0452. The van der Waals surface area contributed by atoms with Crippen molar-refractivity contribution in [2.45, 2.75) is 11.5 Å². The van der Waals surface area contributed by atoms with Crippen molar-refractivity contribution >= 4 is 39.0 Å². The third-order valence-electron chi connectivity index (χ3n) is 2.87. The second kappa shape index (κ2) is 6.69. The second-order valence-corrected chi connectivity index (χ2v) is 7.45. The molecule has 0 saturated carbocycles. The maximum absolute atomic E-state index is 11.9. The molecule has 116 valence electrons. The number of ether oxygens (including phenoxy) is 1. The Bertz CT molecular complexity index is 799. The Morgan fingerprint density at radius 1 is 1.05 bits per heavy atom. The maximum atomic E-state index is 11.9. The predicted octanol–water partition coefficient (Wildman–Crippen LogP) is 3.75. The van der Waals surface area contributed by atoms with Crippen molar-refractivity contribution in [1.29, 1.82) is 0 Å². The molecule has 0 radical (unpaired) electrons. The number of carbonyl (C=O) groups excluding carboxylic acids is 1. The number of hydrogen-bond donors (Lipinski definition) is 0. The third kappa shape index (κ3) is 4.22. The summed E-state index contributed by atoms with van der Waals surface area (Å²) in [5.41, 5.74) is 0.975. The lowest BCUT2D eigenvalue weighted by atomic mass is 10.2. The van der Waals surface area contributed by atoms with E-state index in [1.54, 1.807) is 18.2 Å². The number of halogens is 2. The van der Waals surface area contributed by atoms with Gasteiger partial charge in [0.15, 0.2) is 9.84 Å². The van der Waals surface area contributed by atoms with E-state index in [2.05, 4.69) is 0 Å². The Kier molecular flexibility index (Phi) is 5.11. The van der Waals surface area contributed by atoms with E-state index < -0.39 is 15.8 Å². The SMILES string of the molecule is CS(=O)(=O)c1ccc(C(=O)OCc2ccc(Cl)c(Cl)c2)cc1. The molecule has 0 unspecified atom stereocenters. The number of hydrogen-bond acceptors (Lipinski definition) is 4. The van der Waals surface area contributed by atoms with Gasteiger partial charge in [0.05, 0.1) is 20.5 Å². The van der Waals surface area contributed by atoms with Gasteiger partial charge in [-0.15, -0.1) is 0 Å². The summed E-state index contributed by atoms with van der Waals surface area (Å²) >= 11 is 11.7. The molecule has 0 aromatic heterocycles. The van der Waals surface area contributed by atoms with Gasteiger partial charge in [-0.25, -0.2) is 13.2 Å². The smallest absolute Gasteiger partial charge is 0.338 e. The van der Waals surface area contributed by atoms with Crippen LogP contribution in [0.1, 0.15) is 15.9 Å². The minimum absolute atomic E-state index is 0.0452. The molecule has 0 N–H and O–H groups in total. The molecule has 0 fully saturated rings. The van der Waals surface area contributed by atoms with Crippen LogP contribution in [0.3, 0.4) is 0 Å². The van der Waals surface area contributed by atoms with Gasteiger partial charge in [-0.2, -0.15) is 0 Å². The average Bonchev–Trinajstić information content (AvgIpc) is 2.47. The molecule has 0 saturated heterocycles. The summed E-state index contributed by atoms with van der Waals surface area (Å²) in [6, 6.07) is 10.5. The topological polar surface area (TPSA) is 60.4 Å². The normalized spacial score (nSPS) is 11.2. The number of rotatable bonds is 4. The van der Waals surface area contributed by atoms with Gasteiger partial charge < -0.3 is 4.74 Å². The fraction of sp³-hybridized carbons (Fsp3) is 0.133. The van der Waals surface area contributed by atoms with Crippen molar-refractivity contribution in [3.8, 4) is 0 Å². The number of benzene rings is 2.